The summed E-state index contributed by atoms with van der Waals surface area (Å²) in [4.78, 5) is 30.3. The highest BCUT2D eigenvalue weighted by Crippen LogP contribution is 2.39. The SMILES string of the molecule is COC[C@H](O)C(=O)N(C)[C@@H]1c2ccccc2C[C@H]1NC(=O)Cc1cc2sc(Cl)c(Cl)c2[nH]1. The third kappa shape index (κ3) is 4.38. The molecule has 32 heavy (non-hydrogen) atoms. The Morgan fingerprint density at radius 3 is 2.84 bits per heavy atom. The number of fused-ring (bicyclic) bond motifs is 2. The molecule has 3 N–H and O–H groups in total. The minimum atomic E-state index is -1.27. The van der Waals surface area contributed by atoms with E-state index >= 15 is 0 Å². The van der Waals surface area contributed by atoms with Crippen LogP contribution in [0.1, 0.15) is 22.9 Å². The molecule has 0 bridgehead atoms. The molecule has 170 valence electrons. The van der Waals surface area contributed by atoms with E-state index in [9.17, 15) is 14.7 Å². The Hall–Kier alpha value is -2.10. The zero-order valence-electron chi connectivity index (χ0n) is 17.5. The number of H-pyrrole nitrogens is 1. The summed E-state index contributed by atoms with van der Waals surface area (Å²) in [7, 11) is 3.06. The van der Waals surface area contributed by atoms with Crippen molar-refractivity contribution < 1.29 is 19.4 Å². The van der Waals surface area contributed by atoms with Gasteiger partial charge in [0.25, 0.3) is 5.91 Å². The number of carbonyl (C=O) groups is 2. The Morgan fingerprint density at radius 2 is 2.12 bits per heavy atom. The number of halogens is 2. The Bertz CT molecular complexity index is 1160. The second kappa shape index (κ2) is 9.41. The first kappa shape index (κ1) is 23.1. The molecule has 1 aromatic carbocycles. The Morgan fingerprint density at radius 1 is 1.38 bits per heavy atom. The van der Waals surface area contributed by atoms with Crippen LogP contribution in [0.5, 0.6) is 0 Å². The number of thiophene rings is 1. The summed E-state index contributed by atoms with van der Waals surface area (Å²) in [5.74, 6) is -0.633. The number of nitrogens with one attached hydrogen (secondary N) is 2. The first-order chi connectivity index (χ1) is 15.3. The highest BCUT2D eigenvalue weighted by molar-refractivity contribution is 7.23. The first-order valence-corrected chi connectivity index (χ1v) is 11.6. The second-order valence-corrected chi connectivity index (χ2v) is 9.87. The van der Waals surface area contributed by atoms with Crippen molar-refractivity contribution in [1.82, 2.24) is 15.2 Å². The smallest absolute Gasteiger partial charge is 0.254 e. The summed E-state index contributed by atoms with van der Waals surface area (Å²) in [5, 5.41) is 13.7. The van der Waals surface area contributed by atoms with Gasteiger partial charge < -0.3 is 25.0 Å². The molecule has 2 amide bonds. The molecule has 3 aromatic rings. The van der Waals surface area contributed by atoms with Gasteiger partial charge in [-0.05, 0) is 23.6 Å². The van der Waals surface area contributed by atoms with Gasteiger partial charge >= 0.3 is 0 Å². The number of amides is 2. The molecule has 3 atom stereocenters. The third-order valence-electron chi connectivity index (χ3n) is 5.70. The maximum atomic E-state index is 12.9. The van der Waals surface area contributed by atoms with Crippen LogP contribution < -0.4 is 5.32 Å². The lowest BCUT2D eigenvalue weighted by Crippen LogP contribution is -2.48. The normalized spacial score (nSPS) is 18.5. The molecule has 2 heterocycles. The van der Waals surface area contributed by atoms with Gasteiger partial charge in [-0.15, -0.1) is 11.3 Å². The van der Waals surface area contributed by atoms with Crippen molar-refractivity contribution >= 4 is 56.6 Å². The van der Waals surface area contributed by atoms with E-state index in [2.05, 4.69) is 10.3 Å². The van der Waals surface area contributed by atoms with Crippen molar-refractivity contribution in [3.05, 3.63) is 56.5 Å². The summed E-state index contributed by atoms with van der Waals surface area (Å²) in [6.07, 6.45) is -0.539. The highest BCUT2D eigenvalue weighted by Gasteiger charge is 2.39. The predicted molar refractivity (Wildman–Crippen MR) is 125 cm³/mol. The molecule has 10 heteroatoms. The molecule has 0 unspecified atom stereocenters. The fourth-order valence-corrected chi connectivity index (χ4v) is 5.79. The quantitative estimate of drug-likeness (QED) is 0.468. The van der Waals surface area contributed by atoms with Crippen LogP contribution in [0.4, 0.5) is 0 Å². The summed E-state index contributed by atoms with van der Waals surface area (Å²) in [6, 6.07) is 8.93. The number of methoxy groups -OCH3 is 1. The second-order valence-electron chi connectivity index (χ2n) is 7.84. The Balaban J connectivity index is 1.51. The highest BCUT2D eigenvalue weighted by atomic mass is 35.5. The number of likely N-dealkylation sites (N-methyl/N-ethyl adjacent to an activating group) is 1. The summed E-state index contributed by atoms with van der Waals surface area (Å²) in [5.41, 5.74) is 3.48. The molecule has 0 saturated heterocycles. The predicted octanol–water partition coefficient (Wildman–Crippen LogP) is 3.33. The molecule has 7 nitrogen and oxygen atoms in total. The van der Waals surface area contributed by atoms with Crippen LogP contribution in [-0.2, 0) is 27.2 Å². The Kier molecular flexibility index (Phi) is 6.78. The monoisotopic (exact) mass is 495 g/mol. The van der Waals surface area contributed by atoms with E-state index in [1.54, 1.807) is 7.05 Å². The average molecular weight is 496 g/mol. The fraction of sp³-hybridized carbons (Fsp3) is 0.364. The lowest BCUT2D eigenvalue weighted by atomic mass is 10.0. The minimum absolute atomic E-state index is 0.0922. The molecule has 1 aliphatic carbocycles. The van der Waals surface area contributed by atoms with Crippen LogP contribution in [0.25, 0.3) is 10.2 Å². The van der Waals surface area contributed by atoms with Crippen molar-refractivity contribution in [1.29, 1.82) is 0 Å². The van der Waals surface area contributed by atoms with Gasteiger partial charge in [-0.1, -0.05) is 47.5 Å². The van der Waals surface area contributed by atoms with E-state index in [-0.39, 0.29) is 25.0 Å². The standard InChI is InChI=1S/C22H23Cl2N3O4S/c1-27(22(30)15(28)10-31-2)20-13-6-4-3-5-11(13)7-14(20)26-17(29)9-12-8-16-19(25-12)18(23)21(24)32-16/h3-6,8,14-15,20,25,28H,7,9-10H2,1-2H3,(H,26,29)/t14-,15+,20-/m1/s1. The van der Waals surface area contributed by atoms with E-state index in [0.29, 0.717) is 15.8 Å². The van der Waals surface area contributed by atoms with Gasteiger partial charge in [0.05, 0.1) is 40.4 Å². The maximum Gasteiger partial charge on any atom is 0.254 e. The topological polar surface area (TPSA) is 94.7 Å². The summed E-state index contributed by atoms with van der Waals surface area (Å²) >= 11 is 13.6. The lowest BCUT2D eigenvalue weighted by molar-refractivity contribution is -0.144. The fourth-order valence-electron chi connectivity index (χ4n) is 4.28. The number of hydrogen-bond donors (Lipinski definition) is 3. The summed E-state index contributed by atoms with van der Waals surface area (Å²) < 4.78 is 6.32. The molecule has 0 radical (unpaired) electrons. The van der Waals surface area contributed by atoms with Crippen LogP contribution in [0, 0.1) is 0 Å². The van der Waals surface area contributed by atoms with Gasteiger partial charge in [0.15, 0.2) is 6.10 Å². The number of hydrogen-bond acceptors (Lipinski definition) is 5. The zero-order valence-corrected chi connectivity index (χ0v) is 19.9. The molecule has 0 saturated carbocycles. The molecule has 0 aliphatic heterocycles. The number of aliphatic hydroxyl groups is 1. The van der Waals surface area contributed by atoms with E-state index in [0.717, 1.165) is 27.0 Å². The van der Waals surface area contributed by atoms with Crippen molar-refractivity contribution in [3.8, 4) is 0 Å². The van der Waals surface area contributed by atoms with Gasteiger partial charge in [0.2, 0.25) is 5.91 Å². The van der Waals surface area contributed by atoms with Crippen molar-refractivity contribution in [2.45, 2.75) is 31.0 Å². The molecule has 4 rings (SSSR count). The molecule has 0 fully saturated rings. The number of benzene rings is 1. The molecule has 1 aliphatic rings. The van der Waals surface area contributed by atoms with Crippen LogP contribution in [-0.4, -0.2) is 59.7 Å². The van der Waals surface area contributed by atoms with Gasteiger partial charge in [-0.25, -0.2) is 0 Å². The number of ether oxygens (including phenoxy) is 1. The van der Waals surface area contributed by atoms with Crippen LogP contribution in [0.15, 0.2) is 30.3 Å². The number of nitrogens with zero attached hydrogens (tertiary/aromatic N) is 1. The first-order valence-electron chi connectivity index (χ1n) is 10.1. The van der Waals surface area contributed by atoms with E-state index < -0.39 is 18.1 Å². The minimum Gasteiger partial charge on any atom is -0.381 e. The number of aromatic nitrogens is 1. The van der Waals surface area contributed by atoms with Gasteiger partial charge in [0.1, 0.15) is 4.34 Å². The molecular weight excluding hydrogens is 473 g/mol. The van der Waals surface area contributed by atoms with Crippen molar-refractivity contribution in [3.63, 3.8) is 0 Å². The van der Waals surface area contributed by atoms with E-state index in [1.807, 2.05) is 30.3 Å². The van der Waals surface area contributed by atoms with Crippen molar-refractivity contribution in [2.75, 3.05) is 20.8 Å². The third-order valence-corrected chi connectivity index (χ3v) is 7.63. The number of aromatic amines is 1. The molecular formula is C22H23Cl2N3O4S. The van der Waals surface area contributed by atoms with Crippen molar-refractivity contribution in [2.24, 2.45) is 0 Å². The Labute approximate surface area is 199 Å². The van der Waals surface area contributed by atoms with E-state index in [1.165, 1.54) is 23.3 Å². The molecule has 2 aromatic heterocycles. The van der Waals surface area contributed by atoms with Gasteiger partial charge in [-0.2, -0.15) is 0 Å². The summed E-state index contributed by atoms with van der Waals surface area (Å²) in [6.45, 7) is -0.0922. The van der Waals surface area contributed by atoms with Crippen LogP contribution in [0.2, 0.25) is 9.36 Å². The lowest BCUT2D eigenvalue weighted by Gasteiger charge is -2.32. The van der Waals surface area contributed by atoms with Gasteiger partial charge in [-0.3, -0.25) is 9.59 Å². The average Bonchev–Trinajstić information content (AvgIpc) is 3.39. The number of carbonyl (C=O) groups excluding carboxylic acids is 2. The van der Waals surface area contributed by atoms with Crippen LogP contribution in [0.3, 0.4) is 0 Å². The maximum absolute atomic E-state index is 12.9. The number of rotatable bonds is 7. The number of aliphatic hydroxyl groups excluding tert-OH is 1. The molecule has 0 spiro atoms. The van der Waals surface area contributed by atoms with Crippen LogP contribution >= 0.6 is 34.5 Å². The largest absolute Gasteiger partial charge is 0.381 e. The van der Waals surface area contributed by atoms with E-state index in [4.69, 9.17) is 27.9 Å². The zero-order chi connectivity index (χ0) is 23.0. The van der Waals surface area contributed by atoms with Gasteiger partial charge in [0, 0.05) is 19.9 Å².